The Bertz CT molecular complexity index is 494. The number of amides is 2. The number of piperazine rings is 1. The van der Waals surface area contributed by atoms with Gasteiger partial charge in [0.25, 0.3) is 0 Å². The van der Waals surface area contributed by atoms with E-state index in [0.29, 0.717) is 19.4 Å². The summed E-state index contributed by atoms with van der Waals surface area (Å²) >= 11 is 0. The number of carbonyl (C=O) groups excluding carboxylic acids is 2. The molecule has 1 heterocycles. The lowest BCUT2D eigenvalue weighted by atomic mass is 9.87. The molecule has 1 fully saturated rings. The number of benzene rings is 1. The third kappa shape index (κ3) is 2.42. The van der Waals surface area contributed by atoms with Crippen LogP contribution in [0.15, 0.2) is 30.3 Å². The van der Waals surface area contributed by atoms with Crippen LogP contribution < -0.4 is 5.32 Å². The fraction of sp³-hybridized carbons (Fsp3) is 0.500. The zero-order valence-electron chi connectivity index (χ0n) is 12.3. The summed E-state index contributed by atoms with van der Waals surface area (Å²) in [5, 5.41) is 2.91. The second kappa shape index (κ2) is 5.65. The maximum Gasteiger partial charge on any atom is 0.249 e. The molecule has 2 amide bonds. The minimum atomic E-state index is -0.738. The SMILES string of the molecule is CCC1(CC)NC(=O)C(C)N(Cc2ccccc2)C1=O. The predicted molar refractivity (Wildman–Crippen MR) is 77.9 cm³/mol. The molecular weight excluding hydrogens is 252 g/mol. The van der Waals surface area contributed by atoms with Gasteiger partial charge in [-0.15, -0.1) is 0 Å². The molecule has 0 spiro atoms. The van der Waals surface area contributed by atoms with Crippen molar-refractivity contribution < 1.29 is 9.59 Å². The molecular formula is C16H22N2O2. The Morgan fingerprint density at radius 2 is 1.75 bits per heavy atom. The summed E-state index contributed by atoms with van der Waals surface area (Å²) in [5.41, 5.74) is 0.307. The molecule has 2 rings (SSSR count). The molecule has 1 atom stereocenters. The second-order valence-corrected chi connectivity index (χ2v) is 5.37. The Morgan fingerprint density at radius 1 is 1.15 bits per heavy atom. The summed E-state index contributed by atoms with van der Waals surface area (Å²) in [6.45, 7) is 6.15. The zero-order valence-corrected chi connectivity index (χ0v) is 12.3. The molecule has 108 valence electrons. The van der Waals surface area contributed by atoms with Gasteiger partial charge in [0.15, 0.2) is 0 Å². The van der Waals surface area contributed by atoms with Crippen LogP contribution >= 0.6 is 0 Å². The van der Waals surface area contributed by atoms with Crippen molar-refractivity contribution in [1.29, 1.82) is 0 Å². The highest BCUT2D eigenvalue weighted by atomic mass is 16.2. The molecule has 1 unspecified atom stereocenters. The minimum absolute atomic E-state index is 0.0263. The Balaban J connectivity index is 2.29. The number of nitrogens with zero attached hydrogens (tertiary/aromatic N) is 1. The van der Waals surface area contributed by atoms with Gasteiger partial charge in [-0.1, -0.05) is 44.2 Å². The molecule has 0 aromatic heterocycles. The van der Waals surface area contributed by atoms with Crippen LogP contribution in [-0.4, -0.2) is 28.3 Å². The molecule has 0 saturated carbocycles. The molecule has 1 aromatic rings. The maximum absolute atomic E-state index is 12.8. The molecule has 1 aliphatic rings. The highest BCUT2D eigenvalue weighted by molar-refractivity contribution is 5.99. The van der Waals surface area contributed by atoms with E-state index in [0.717, 1.165) is 5.56 Å². The highest BCUT2D eigenvalue weighted by Crippen LogP contribution is 2.26. The fourth-order valence-corrected chi connectivity index (χ4v) is 2.70. The van der Waals surface area contributed by atoms with E-state index >= 15 is 0 Å². The van der Waals surface area contributed by atoms with Crippen molar-refractivity contribution in [3.8, 4) is 0 Å². The molecule has 4 nitrogen and oxygen atoms in total. The number of rotatable bonds is 4. The van der Waals surface area contributed by atoms with Gasteiger partial charge in [-0.05, 0) is 25.3 Å². The quantitative estimate of drug-likeness (QED) is 0.914. The van der Waals surface area contributed by atoms with Crippen molar-refractivity contribution in [2.24, 2.45) is 0 Å². The molecule has 0 aliphatic carbocycles. The van der Waals surface area contributed by atoms with E-state index in [9.17, 15) is 9.59 Å². The van der Waals surface area contributed by atoms with Crippen molar-refractivity contribution in [1.82, 2.24) is 10.2 Å². The van der Waals surface area contributed by atoms with Crippen molar-refractivity contribution in [2.45, 2.75) is 51.7 Å². The van der Waals surface area contributed by atoms with Gasteiger partial charge in [-0.25, -0.2) is 0 Å². The third-order valence-corrected chi connectivity index (χ3v) is 4.28. The standard InChI is InChI=1S/C16H22N2O2/c1-4-16(5-2)15(20)18(12(3)14(19)17-16)11-13-9-7-6-8-10-13/h6-10,12H,4-5,11H2,1-3H3,(H,17,19). The van der Waals surface area contributed by atoms with Crippen molar-refractivity contribution in [3.05, 3.63) is 35.9 Å². The molecule has 20 heavy (non-hydrogen) atoms. The zero-order chi connectivity index (χ0) is 14.8. The Hall–Kier alpha value is -1.84. The van der Waals surface area contributed by atoms with Crippen LogP contribution in [0.1, 0.15) is 39.2 Å². The first-order valence-corrected chi connectivity index (χ1v) is 7.21. The molecule has 4 heteroatoms. The van der Waals surface area contributed by atoms with Crippen LogP contribution in [0.3, 0.4) is 0 Å². The molecule has 1 N–H and O–H groups in total. The molecule has 1 saturated heterocycles. The smallest absolute Gasteiger partial charge is 0.249 e. The van der Waals surface area contributed by atoms with Crippen LogP contribution in [0.25, 0.3) is 0 Å². The lowest BCUT2D eigenvalue weighted by Crippen LogP contribution is -2.69. The topological polar surface area (TPSA) is 49.4 Å². The van der Waals surface area contributed by atoms with Crippen LogP contribution in [0.5, 0.6) is 0 Å². The Morgan fingerprint density at radius 3 is 2.30 bits per heavy atom. The first-order chi connectivity index (χ1) is 9.54. The van der Waals surface area contributed by atoms with Crippen molar-refractivity contribution in [2.75, 3.05) is 0 Å². The molecule has 0 radical (unpaired) electrons. The normalized spacial score (nSPS) is 21.8. The molecule has 0 bridgehead atoms. The summed E-state index contributed by atoms with van der Waals surface area (Å²) in [6.07, 6.45) is 1.23. The first-order valence-electron chi connectivity index (χ1n) is 7.21. The Labute approximate surface area is 120 Å². The van der Waals surface area contributed by atoms with Gasteiger partial charge in [0.2, 0.25) is 11.8 Å². The summed E-state index contributed by atoms with van der Waals surface area (Å²) in [7, 11) is 0. The van der Waals surface area contributed by atoms with Crippen LogP contribution in [-0.2, 0) is 16.1 Å². The minimum Gasteiger partial charge on any atom is -0.340 e. The van der Waals surface area contributed by atoms with E-state index in [1.54, 1.807) is 11.8 Å². The molecule has 1 aromatic carbocycles. The third-order valence-electron chi connectivity index (χ3n) is 4.28. The highest BCUT2D eigenvalue weighted by Gasteiger charge is 2.47. The lowest BCUT2D eigenvalue weighted by molar-refractivity contribution is -0.155. The van der Waals surface area contributed by atoms with E-state index in [1.807, 2.05) is 44.2 Å². The number of carbonyl (C=O) groups is 2. The van der Waals surface area contributed by atoms with Gasteiger partial charge in [0, 0.05) is 6.54 Å². The van der Waals surface area contributed by atoms with Gasteiger partial charge in [-0.3, -0.25) is 9.59 Å². The van der Waals surface area contributed by atoms with Gasteiger partial charge in [0.05, 0.1) is 0 Å². The van der Waals surface area contributed by atoms with Gasteiger partial charge in [0.1, 0.15) is 11.6 Å². The van der Waals surface area contributed by atoms with Crippen molar-refractivity contribution >= 4 is 11.8 Å². The molecule has 1 aliphatic heterocycles. The van der Waals surface area contributed by atoms with Crippen molar-refractivity contribution in [3.63, 3.8) is 0 Å². The summed E-state index contributed by atoms with van der Waals surface area (Å²) in [6, 6.07) is 9.37. The van der Waals surface area contributed by atoms with E-state index < -0.39 is 11.6 Å². The van der Waals surface area contributed by atoms with Crippen LogP contribution in [0.2, 0.25) is 0 Å². The van der Waals surface area contributed by atoms with E-state index in [2.05, 4.69) is 5.32 Å². The van der Waals surface area contributed by atoms with Gasteiger partial charge in [-0.2, -0.15) is 0 Å². The average molecular weight is 274 g/mol. The summed E-state index contributed by atoms with van der Waals surface area (Å²) < 4.78 is 0. The largest absolute Gasteiger partial charge is 0.340 e. The summed E-state index contributed by atoms with van der Waals surface area (Å²) in [5.74, 6) is -0.0392. The lowest BCUT2D eigenvalue weighted by Gasteiger charge is -2.44. The monoisotopic (exact) mass is 274 g/mol. The van der Waals surface area contributed by atoms with E-state index in [1.165, 1.54) is 0 Å². The first kappa shape index (κ1) is 14.6. The van der Waals surface area contributed by atoms with E-state index in [4.69, 9.17) is 0 Å². The number of hydrogen-bond acceptors (Lipinski definition) is 2. The van der Waals surface area contributed by atoms with E-state index in [-0.39, 0.29) is 11.8 Å². The van der Waals surface area contributed by atoms with Crippen LogP contribution in [0, 0.1) is 0 Å². The Kier molecular flexibility index (Phi) is 4.12. The number of nitrogens with one attached hydrogen (secondary N) is 1. The number of hydrogen-bond donors (Lipinski definition) is 1. The predicted octanol–water partition coefficient (Wildman–Crippen LogP) is 2.09. The van der Waals surface area contributed by atoms with Gasteiger partial charge < -0.3 is 10.2 Å². The maximum atomic E-state index is 12.8. The summed E-state index contributed by atoms with van der Waals surface area (Å²) in [4.78, 5) is 26.6. The van der Waals surface area contributed by atoms with Crippen LogP contribution in [0.4, 0.5) is 0 Å². The van der Waals surface area contributed by atoms with Gasteiger partial charge >= 0.3 is 0 Å². The fourth-order valence-electron chi connectivity index (χ4n) is 2.70. The average Bonchev–Trinajstić information content (AvgIpc) is 2.48. The second-order valence-electron chi connectivity index (χ2n) is 5.37.